The van der Waals surface area contributed by atoms with E-state index in [-0.39, 0.29) is 0 Å². The summed E-state index contributed by atoms with van der Waals surface area (Å²) in [6.45, 7) is 2.42. The fourth-order valence-electron chi connectivity index (χ4n) is 1.70. The number of thiophene rings is 1. The zero-order valence-electron chi connectivity index (χ0n) is 10.2. The van der Waals surface area contributed by atoms with Crippen molar-refractivity contribution in [3.63, 3.8) is 0 Å². The molecule has 18 heavy (non-hydrogen) atoms. The smallest absolute Gasteiger partial charge is 0.0941 e. The van der Waals surface area contributed by atoms with Crippen LogP contribution in [-0.2, 0) is 19.5 Å². The summed E-state index contributed by atoms with van der Waals surface area (Å²) in [6.07, 6.45) is 0.870. The Morgan fingerprint density at radius 2 is 2.22 bits per heavy atom. The van der Waals surface area contributed by atoms with E-state index in [0.29, 0.717) is 6.54 Å². The second-order valence-corrected chi connectivity index (χ2v) is 6.89. The van der Waals surface area contributed by atoms with Crippen LogP contribution in [-0.4, -0.2) is 23.5 Å². The summed E-state index contributed by atoms with van der Waals surface area (Å²) >= 11 is 9.24. The molecule has 0 bridgehead atoms. The van der Waals surface area contributed by atoms with Crippen LogP contribution in [0.4, 0.5) is 0 Å². The van der Waals surface area contributed by atoms with Gasteiger partial charge in [0.25, 0.3) is 0 Å². The van der Waals surface area contributed by atoms with Crippen molar-refractivity contribution in [1.29, 1.82) is 0 Å². The van der Waals surface area contributed by atoms with E-state index in [2.05, 4.69) is 28.4 Å². The molecule has 0 atom stereocenters. The summed E-state index contributed by atoms with van der Waals surface area (Å²) in [7, 11) is 2.09. The lowest BCUT2D eigenvalue weighted by atomic mass is 10.4. The Hall–Kier alpha value is -0.460. The first-order chi connectivity index (χ1) is 8.67. The zero-order chi connectivity index (χ0) is 13.0. The summed E-state index contributed by atoms with van der Waals surface area (Å²) in [5.41, 5.74) is 6.64. The van der Waals surface area contributed by atoms with Gasteiger partial charge in [-0.2, -0.15) is 0 Å². The van der Waals surface area contributed by atoms with E-state index in [9.17, 15) is 0 Å². The first-order valence-electron chi connectivity index (χ1n) is 5.73. The normalized spacial score (nSPS) is 11.3. The molecule has 2 heterocycles. The number of thiazole rings is 1. The molecule has 0 aromatic carbocycles. The van der Waals surface area contributed by atoms with Gasteiger partial charge in [0.05, 0.1) is 15.0 Å². The highest BCUT2D eigenvalue weighted by atomic mass is 35.5. The van der Waals surface area contributed by atoms with Crippen LogP contribution in [0, 0.1) is 0 Å². The second kappa shape index (κ2) is 6.63. The van der Waals surface area contributed by atoms with Crippen molar-refractivity contribution in [1.82, 2.24) is 9.88 Å². The van der Waals surface area contributed by atoms with Crippen molar-refractivity contribution in [2.45, 2.75) is 19.5 Å². The molecule has 2 aromatic rings. The van der Waals surface area contributed by atoms with E-state index in [1.807, 2.05) is 6.07 Å². The van der Waals surface area contributed by atoms with Gasteiger partial charge in [-0.05, 0) is 25.7 Å². The van der Waals surface area contributed by atoms with Gasteiger partial charge in [-0.3, -0.25) is 4.90 Å². The SMILES string of the molecule is CN(Cc1csc(CCN)n1)Cc1ccc(Cl)s1. The largest absolute Gasteiger partial charge is 0.330 e. The van der Waals surface area contributed by atoms with E-state index in [0.717, 1.165) is 34.5 Å². The van der Waals surface area contributed by atoms with Crippen LogP contribution < -0.4 is 5.73 Å². The Morgan fingerprint density at radius 3 is 2.89 bits per heavy atom. The summed E-state index contributed by atoms with van der Waals surface area (Å²) in [5.74, 6) is 0. The number of hydrogen-bond donors (Lipinski definition) is 1. The summed E-state index contributed by atoms with van der Waals surface area (Å²) in [5, 5.41) is 3.24. The first-order valence-corrected chi connectivity index (χ1v) is 7.81. The molecule has 0 fully saturated rings. The van der Waals surface area contributed by atoms with Crippen molar-refractivity contribution in [2.75, 3.05) is 13.6 Å². The molecule has 2 N–H and O–H groups in total. The molecule has 6 heteroatoms. The lowest BCUT2D eigenvalue weighted by molar-refractivity contribution is 0.318. The van der Waals surface area contributed by atoms with Crippen LogP contribution in [0.15, 0.2) is 17.5 Å². The molecule has 3 nitrogen and oxygen atoms in total. The topological polar surface area (TPSA) is 42.1 Å². The average molecular weight is 302 g/mol. The second-order valence-electron chi connectivity index (χ2n) is 4.15. The highest BCUT2D eigenvalue weighted by Gasteiger charge is 2.07. The van der Waals surface area contributed by atoms with Crippen molar-refractivity contribution >= 4 is 34.3 Å². The highest BCUT2D eigenvalue weighted by molar-refractivity contribution is 7.16. The fraction of sp³-hybridized carbons (Fsp3) is 0.417. The van der Waals surface area contributed by atoms with Crippen LogP contribution in [0.3, 0.4) is 0 Å². The van der Waals surface area contributed by atoms with Gasteiger partial charge in [0.1, 0.15) is 0 Å². The van der Waals surface area contributed by atoms with Crippen LogP contribution in [0.5, 0.6) is 0 Å². The maximum absolute atomic E-state index is 5.92. The van der Waals surface area contributed by atoms with E-state index in [1.165, 1.54) is 4.88 Å². The van der Waals surface area contributed by atoms with Gasteiger partial charge >= 0.3 is 0 Å². The Kier molecular flexibility index (Phi) is 5.14. The van der Waals surface area contributed by atoms with Gasteiger partial charge in [0, 0.05) is 29.8 Å². The highest BCUT2D eigenvalue weighted by Crippen LogP contribution is 2.23. The minimum absolute atomic E-state index is 0.663. The molecule has 98 valence electrons. The first kappa shape index (κ1) is 14.0. The van der Waals surface area contributed by atoms with Crippen LogP contribution in [0.2, 0.25) is 4.34 Å². The maximum atomic E-state index is 5.92. The molecule has 0 saturated heterocycles. The van der Waals surface area contributed by atoms with Crippen molar-refractivity contribution in [2.24, 2.45) is 5.73 Å². The number of hydrogen-bond acceptors (Lipinski definition) is 5. The van der Waals surface area contributed by atoms with Crippen LogP contribution in [0.25, 0.3) is 0 Å². The molecule has 0 aliphatic heterocycles. The maximum Gasteiger partial charge on any atom is 0.0941 e. The Bertz CT molecular complexity index is 495. The van der Waals surface area contributed by atoms with Gasteiger partial charge in [0.15, 0.2) is 0 Å². The molecule has 2 aromatic heterocycles. The van der Waals surface area contributed by atoms with Gasteiger partial charge < -0.3 is 5.73 Å². The van der Waals surface area contributed by atoms with E-state index in [1.54, 1.807) is 22.7 Å². The predicted octanol–water partition coefficient (Wildman–Crippen LogP) is 2.99. The molecular formula is C12H16ClN3S2. The molecule has 0 aliphatic rings. The lowest BCUT2D eigenvalue weighted by Crippen LogP contribution is -2.16. The van der Waals surface area contributed by atoms with Crippen molar-refractivity contribution in [3.8, 4) is 0 Å². The molecule has 0 radical (unpaired) electrons. The van der Waals surface area contributed by atoms with E-state index < -0.39 is 0 Å². The number of nitrogens with zero attached hydrogens (tertiary/aromatic N) is 2. The van der Waals surface area contributed by atoms with Gasteiger partial charge in [-0.25, -0.2) is 4.98 Å². The molecule has 2 rings (SSSR count). The zero-order valence-corrected chi connectivity index (χ0v) is 12.6. The molecule has 0 unspecified atom stereocenters. The third-order valence-electron chi connectivity index (χ3n) is 2.44. The van der Waals surface area contributed by atoms with Gasteiger partial charge in [-0.15, -0.1) is 22.7 Å². The number of rotatable bonds is 6. The summed E-state index contributed by atoms with van der Waals surface area (Å²) < 4.78 is 0.845. The van der Waals surface area contributed by atoms with Gasteiger partial charge in [0.2, 0.25) is 0 Å². The van der Waals surface area contributed by atoms with E-state index in [4.69, 9.17) is 17.3 Å². The monoisotopic (exact) mass is 301 g/mol. The van der Waals surface area contributed by atoms with Crippen LogP contribution >= 0.6 is 34.3 Å². The molecule has 0 spiro atoms. The fourth-order valence-corrected chi connectivity index (χ4v) is 3.67. The lowest BCUT2D eigenvalue weighted by Gasteiger charge is -2.13. The Morgan fingerprint density at radius 1 is 1.39 bits per heavy atom. The Balaban J connectivity index is 1.88. The Labute approximate surface area is 120 Å². The van der Waals surface area contributed by atoms with Crippen molar-refractivity contribution in [3.05, 3.63) is 37.4 Å². The van der Waals surface area contributed by atoms with E-state index >= 15 is 0 Å². The van der Waals surface area contributed by atoms with Crippen LogP contribution in [0.1, 0.15) is 15.6 Å². The molecule has 0 amide bonds. The molecular weight excluding hydrogens is 286 g/mol. The van der Waals surface area contributed by atoms with Crippen molar-refractivity contribution < 1.29 is 0 Å². The number of halogens is 1. The third-order valence-corrected chi connectivity index (χ3v) is 4.62. The quantitative estimate of drug-likeness (QED) is 0.892. The number of aromatic nitrogens is 1. The average Bonchev–Trinajstić information content (AvgIpc) is 2.89. The summed E-state index contributed by atoms with van der Waals surface area (Å²) in [4.78, 5) is 8.08. The number of nitrogens with two attached hydrogens (primary N) is 1. The predicted molar refractivity (Wildman–Crippen MR) is 79.4 cm³/mol. The summed E-state index contributed by atoms with van der Waals surface area (Å²) in [6, 6.07) is 4.02. The van der Waals surface area contributed by atoms with Gasteiger partial charge in [-0.1, -0.05) is 11.6 Å². The molecule has 0 saturated carbocycles. The minimum atomic E-state index is 0.663. The third kappa shape index (κ3) is 4.03. The standard InChI is InChI=1S/C12H16ClN3S2/c1-16(7-10-2-3-11(13)18-10)6-9-8-17-12(15-9)4-5-14/h2-3,8H,4-7,14H2,1H3. The minimum Gasteiger partial charge on any atom is -0.330 e. The molecule has 0 aliphatic carbocycles.